The lowest BCUT2D eigenvalue weighted by molar-refractivity contribution is 0.197. The average Bonchev–Trinajstić information content (AvgIpc) is 3.51. The van der Waals surface area contributed by atoms with Gasteiger partial charge in [0.15, 0.2) is 5.96 Å². The van der Waals surface area contributed by atoms with Crippen LogP contribution in [0.5, 0.6) is 0 Å². The van der Waals surface area contributed by atoms with E-state index in [9.17, 15) is 0 Å². The zero-order chi connectivity index (χ0) is 17.1. The quantitative estimate of drug-likeness (QED) is 0.412. The number of rotatable bonds is 4. The standard InChI is InChI=1S/C21H28N4.HI/c1-22-21(24-19-10-12-25(13-11-19)20-8-9-20)23-15-16-6-7-17-4-2-3-5-18(17)14-16;/h2-7,14,19-20H,8-13,15H2,1H3,(H2,22,23,24);1H. The maximum absolute atomic E-state index is 4.41. The number of hydrogen-bond donors (Lipinski definition) is 2. The number of guanidine groups is 1. The van der Waals surface area contributed by atoms with E-state index in [1.54, 1.807) is 0 Å². The Morgan fingerprint density at radius 1 is 1.04 bits per heavy atom. The number of piperidine rings is 1. The Morgan fingerprint density at radius 3 is 2.46 bits per heavy atom. The number of aliphatic imine (C=N–C) groups is 1. The first-order chi connectivity index (χ1) is 12.3. The van der Waals surface area contributed by atoms with Crippen molar-refractivity contribution in [3.8, 4) is 0 Å². The molecule has 0 amide bonds. The third kappa shape index (κ3) is 4.88. The largest absolute Gasteiger partial charge is 0.354 e. The van der Waals surface area contributed by atoms with E-state index >= 15 is 0 Å². The van der Waals surface area contributed by atoms with Gasteiger partial charge in [0.1, 0.15) is 0 Å². The van der Waals surface area contributed by atoms with E-state index in [1.165, 1.54) is 55.1 Å². The van der Waals surface area contributed by atoms with Crippen LogP contribution in [0.1, 0.15) is 31.2 Å². The molecule has 1 saturated heterocycles. The van der Waals surface area contributed by atoms with Crippen LogP contribution in [-0.4, -0.2) is 43.1 Å². The summed E-state index contributed by atoms with van der Waals surface area (Å²) in [6, 6.07) is 16.6. The van der Waals surface area contributed by atoms with Crippen molar-refractivity contribution < 1.29 is 0 Å². The predicted octanol–water partition coefficient (Wildman–Crippen LogP) is 3.75. The summed E-state index contributed by atoms with van der Waals surface area (Å²) < 4.78 is 0. The van der Waals surface area contributed by atoms with Crippen LogP contribution in [0.3, 0.4) is 0 Å². The monoisotopic (exact) mass is 464 g/mol. The Kier molecular flexibility index (Phi) is 6.75. The van der Waals surface area contributed by atoms with Crippen LogP contribution in [0.15, 0.2) is 47.5 Å². The van der Waals surface area contributed by atoms with E-state index < -0.39 is 0 Å². The molecule has 0 atom stereocenters. The van der Waals surface area contributed by atoms with Crippen molar-refractivity contribution >= 4 is 40.7 Å². The van der Waals surface area contributed by atoms with Crippen molar-refractivity contribution in [2.45, 2.75) is 44.3 Å². The van der Waals surface area contributed by atoms with E-state index in [0.717, 1.165) is 18.5 Å². The van der Waals surface area contributed by atoms with Gasteiger partial charge < -0.3 is 15.5 Å². The van der Waals surface area contributed by atoms with Crippen molar-refractivity contribution in [2.24, 2.45) is 4.99 Å². The van der Waals surface area contributed by atoms with Crippen LogP contribution in [0.2, 0.25) is 0 Å². The second-order valence-corrected chi connectivity index (χ2v) is 7.29. The molecule has 4 nitrogen and oxygen atoms in total. The molecule has 1 aliphatic carbocycles. The lowest BCUT2D eigenvalue weighted by atomic mass is 10.1. The Labute approximate surface area is 173 Å². The van der Waals surface area contributed by atoms with Gasteiger partial charge >= 0.3 is 0 Å². The minimum absolute atomic E-state index is 0. The van der Waals surface area contributed by atoms with E-state index in [2.05, 4.69) is 63.0 Å². The SMILES string of the molecule is CN=C(NCc1ccc2ccccc2c1)NC1CCN(C2CC2)CC1.I. The lowest BCUT2D eigenvalue weighted by Crippen LogP contribution is -2.48. The number of nitrogens with one attached hydrogen (secondary N) is 2. The third-order valence-corrected chi connectivity index (χ3v) is 5.43. The molecule has 2 aliphatic rings. The van der Waals surface area contributed by atoms with Gasteiger partial charge in [0, 0.05) is 38.8 Å². The molecule has 5 heteroatoms. The summed E-state index contributed by atoms with van der Waals surface area (Å²) in [7, 11) is 1.86. The van der Waals surface area contributed by atoms with Crippen LogP contribution in [0, 0.1) is 0 Å². The Balaban J connectivity index is 0.00000196. The molecule has 2 N–H and O–H groups in total. The van der Waals surface area contributed by atoms with Crippen LogP contribution in [-0.2, 0) is 6.54 Å². The van der Waals surface area contributed by atoms with Gasteiger partial charge in [-0.1, -0.05) is 36.4 Å². The molecular weight excluding hydrogens is 435 g/mol. The molecule has 0 aromatic heterocycles. The predicted molar refractivity (Wildman–Crippen MR) is 120 cm³/mol. The molecule has 0 radical (unpaired) electrons. The highest BCUT2D eigenvalue weighted by Gasteiger charge is 2.31. The summed E-state index contributed by atoms with van der Waals surface area (Å²) in [6.07, 6.45) is 5.25. The van der Waals surface area contributed by atoms with Crippen LogP contribution in [0.25, 0.3) is 10.8 Å². The first-order valence-electron chi connectivity index (χ1n) is 9.51. The lowest BCUT2D eigenvalue weighted by Gasteiger charge is -2.33. The highest BCUT2D eigenvalue weighted by Crippen LogP contribution is 2.29. The molecule has 0 unspecified atom stereocenters. The van der Waals surface area contributed by atoms with E-state index in [4.69, 9.17) is 0 Å². The molecular formula is C21H29IN4. The van der Waals surface area contributed by atoms with Crippen LogP contribution in [0.4, 0.5) is 0 Å². The molecule has 2 aromatic carbocycles. The summed E-state index contributed by atoms with van der Waals surface area (Å²) in [5, 5.41) is 9.65. The second kappa shape index (κ2) is 9.04. The van der Waals surface area contributed by atoms with Crippen molar-refractivity contribution in [2.75, 3.05) is 20.1 Å². The number of hydrogen-bond acceptors (Lipinski definition) is 2. The maximum Gasteiger partial charge on any atom is 0.191 e. The van der Waals surface area contributed by atoms with Gasteiger partial charge in [0.2, 0.25) is 0 Å². The van der Waals surface area contributed by atoms with Gasteiger partial charge in [-0.15, -0.1) is 24.0 Å². The maximum atomic E-state index is 4.41. The van der Waals surface area contributed by atoms with E-state index in [1.807, 2.05) is 7.05 Å². The fraction of sp³-hybridized carbons (Fsp3) is 0.476. The molecule has 1 aliphatic heterocycles. The molecule has 4 rings (SSSR count). The van der Waals surface area contributed by atoms with Crippen LogP contribution >= 0.6 is 24.0 Å². The number of fused-ring (bicyclic) bond motifs is 1. The molecule has 140 valence electrons. The highest BCUT2D eigenvalue weighted by atomic mass is 127. The van der Waals surface area contributed by atoms with Crippen LogP contribution < -0.4 is 10.6 Å². The molecule has 26 heavy (non-hydrogen) atoms. The first kappa shape index (κ1) is 19.4. The minimum Gasteiger partial charge on any atom is -0.354 e. The Morgan fingerprint density at radius 2 is 1.77 bits per heavy atom. The molecule has 2 fully saturated rings. The minimum atomic E-state index is 0. The van der Waals surface area contributed by atoms with Gasteiger partial charge in [-0.2, -0.15) is 0 Å². The summed E-state index contributed by atoms with van der Waals surface area (Å²) >= 11 is 0. The van der Waals surface area contributed by atoms with Crippen molar-refractivity contribution in [3.05, 3.63) is 48.0 Å². The average molecular weight is 464 g/mol. The molecule has 2 aromatic rings. The molecule has 1 saturated carbocycles. The zero-order valence-electron chi connectivity index (χ0n) is 15.4. The summed E-state index contributed by atoms with van der Waals surface area (Å²) in [4.78, 5) is 7.06. The van der Waals surface area contributed by atoms with Gasteiger partial charge in [0.05, 0.1) is 0 Å². The van der Waals surface area contributed by atoms with Gasteiger partial charge in [-0.05, 0) is 48.1 Å². The topological polar surface area (TPSA) is 39.7 Å². The van der Waals surface area contributed by atoms with Gasteiger partial charge in [-0.25, -0.2) is 0 Å². The zero-order valence-corrected chi connectivity index (χ0v) is 17.8. The highest BCUT2D eigenvalue weighted by molar-refractivity contribution is 14.0. The summed E-state index contributed by atoms with van der Waals surface area (Å²) in [6.45, 7) is 3.25. The first-order valence-corrected chi connectivity index (χ1v) is 9.51. The molecule has 0 spiro atoms. The van der Waals surface area contributed by atoms with Gasteiger partial charge in [-0.3, -0.25) is 4.99 Å². The summed E-state index contributed by atoms with van der Waals surface area (Å²) in [5.41, 5.74) is 1.28. The number of likely N-dealkylation sites (tertiary alicyclic amines) is 1. The normalized spacial score (nSPS) is 19.2. The number of benzene rings is 2. The Hall–Kier alpha value is -1.34. The fourth-order valence-corrected chi connectivity index (χ4v) is 3.77. The van der Waals surface area contributed by atoms with E-state index in [0.29, 0.717) is 6.04 Å². The second-order valence-electron chi connectivity index (χ2n) is 7.29. The molecule has 0 bridgehead atoms. The third-order valence-electron chi connectivity index (χ3n) is 5.43. The van der Waals surface area contributed by atoms with Crippen molar-refractivity contribution in [3.63, 3.8) is 0 Å². The smallest absolute Gasteiger partial charge is 0.191 e. The molecule has 1 heterocycles. The Bertz CT molecular complexity index is 749. The van der Waals surface area contributed by atoms with Gasteiger partial charge in [0.25, 0.3) is 0 Å². The van der Waals surface area contributed by atoms with E-state index in [-0.39, 0.29) is 24.0 Å². The fourth-order valence-electron chi connectivity index (χ4n) is 3.77. The number of nitrogens with zero attached hydrogens (tertiary/aromatic N) is 2. The van der Waals surface area contributed by atoms with Crippen molar-refractivity contribution in [1.82, 2.24) is 15.5 Å². The summed E-state index contributed by atoms with van der Waals surface area (Å²) in [5.74, 6) is 0.915. The van der Waals surface area contributed by atoms with Crippen molar-refractivity contribution in [1.29, 1.82) is 0 Å². The number of halogens is 1.